The van der Waals surface area contributed by atoms with Crippen LogP contribution in [-0.2, 0) is 0 Å². The SMILES string of the molecule is O=C(Oc1cc[c-]cc1)c1ccccc1.[Na+]. The van der Waals surface area contributed by atoms with E-state index in [9.17, 15) is 4.79 Å². The van der Waals surface area contributed by atoms with Crippen LogP contribution in [0.3, 0.4) is 0 Å². The fraction of sp³-hybridized carbons (Fsp3) is 0. The predicted octanol–water partition coefficient (Wildman–Crippen LogP) is -0.290. The number of esters is 1. The van der Waals surface area contributed by atoms with Crippen molar-refractivity contribution in [1.29, 1.82) is 0 Å². The zero-order chi connectivity index (χ0) is 10.5. The Morgan fingerprint density at radius 1 is 1.00 bits per heavy atom. The van der Waals surface area contributed by atoms with E-state index in [0.29, 0.717) is 11.3 Å². The molecule has 0 N–H and O–H groups in total. The molecular weight excluding hydrogens is 211 g/mol. The molecule has 0 unspecified atom stereocenters. The van der Waals surface area contributed by atoms with Crippen LogP contribution in [0.15, 0.2) is 54.6 Å². The van der Waals surface area contributed by atoms with E-state index in [0.717, 1.165) is 0 Å². The third-order valence-electron chi connectivity index (χ3n) is 1.91. The maximum atomic E-state index is 11.6. The molecule has 0 radical (unpaired) electrons. The molecule has 0 fully saturated rings. The summed E-state index contributed by atoms with van der Waals surface area (Å²) < 4.78 is 5.14. The van der Waals surface area contributed by atoms with E-state index in [-0.39, 0.29) is 35.5 Å². The fourth-order valence-corrected chi connectivity index (χ4v) is 1.18. The zero-order valence-corrected chi connectivity index (χ0v) is 11.0. The number of benzene rings is 2. The molecule has 0 spiro atoms. The molecular formula is C13H9NaO2. The van der Waals surface area contributed by atoms with E-state index < -0.39 is 0 Å². The van der Waals surface area contributed by atoms with Gasteiger partial charge in [-0.25, -0.2) is 4.79 Å². The summed E-state index contributed by atoms with van der Waals surface area (Å²) >= 11 is 0. The van der Waals surface area contributed by atoms with E-state index in [4.69, 9.17) is 4.74 Å². The second kappa shape index (κ2) is 6.48. The van der Waals surface area contributed by atoms with E-state index in [2.05, 4.69) is 6.07 Å². The van der Waals surface area contributed by atoms with Gasteiger partial charge in [0.1, 0.15) is 0 Å². The van der Waals surface area contributed by atoms with Gasteiger partial charge in [0.05, 0.1) is 5.56 Å². The standard InChI is InChI=1S/C13H9O2.Na/c14-13(11-7-3-1-4-8-11)15-12-9-5-2-6-10-12;/h1,3-10H;/q-1;+1. The maximum Gasteiger partial charge on any atom is 1.00 e. The quantitative estimate of drug-likeness (QED) is 0.301. The van der Waals surface area contributed by atoms with E-state index in [1.165, 1.54) is 0 Å². The van der Waals surface area contributed by atoms with Crippen molar-refractivity contribution in [2.75, 3.05) is 0 Å². The van der Waals surface area contributed by atoms with Crippen LogP contribution in [0.4, 0.5) is 0 Å². The van der Waals surface area contributed by atoms with Crippen molar-refractivity contribution < 1.29 is 39.1 Å². The smallest absolute Gasteiger partial charge is 0.450 e. The molecule has 2 aromatic carbocycles. The maximum absolute atomic E-state index is 11.6. The van der Waals surface area contributed by atoms with Crippen molar-refractivity contribution in [3.05, 3.63) is 66.2 Å². The zero-order valence-electron chi connectivity index (χ0n) is 9.01. The molecule has 0 aliphatic rings. The van der Waals surface area contributed by atoms with Crippen LogP contribution in [0.2, 0.25) is 0 Å². The fourth-order valence-electron chi connectivity index (χ4n) is 1.18. The molecule has 3 heteroatoms. The number of carbonyl (C=O) groups is 1. The second-order valence-corrected chi connectivity index (χ2v) is 2.99. The summed E-state index contributed by atoms with van der Waals surface area (Å²) in [6, 6.07) is 18.5. The van der Waals surface area contributed by atoms with Crippen LogP contribution >= 0.6 is 0 Å². The number of hydrogen-bond donors (Lipinski definition) is 0. The summed E-state index contributed by atoms with van der Waals surface area (Å²) in [7, 11) is 0. The number of carbonyl (C=O) groups excluding carboxylic acids is 1. The summed E-state index contributed by atoms with van der Waals surface area (Å²) in [5.74, 6) is 0.185. The average molecular weight is 220 g/mol. The molecule has 2 rings (SSSR count). The van der Waals surface area contributed by atoms with E-state index in [1.54, 1.807) is 48.5 Å². The van der Waals surface area contributed by atoms with Crippen LogP contribution in [-0.4, -0.2) is 5.97 Å². The van der Waals surface area contributed by atoms with Crippen LogP contribution in [0.25, 0.3) is 0 Å². The first kappa shape index (κ1) is 13.0. The van der Waals surface area contributed by atoms with Crippen LogP contribution < -0.4 is 34.3 Å². The second-order valence-electron chi connectivity index (χ2n) is 2.99. The molecule has 2 nitrogen and oxygen atoms in total. The third kappa shape index (κ3) is 3.49. The van der Waals surface area contributed by atoms with Crippen molar-refractivity contribution in [3.8, 4) is 5.75 Å². The third-order valence-corrected chi connectivity index (χ3v) is 1.91. The van der Waals surface area contributed by atoms with Gasteiger partial charge in [0.25, 0.3) is 0 Å². The molecule has 2 aromatic rings. The molecule has 0 amide bonds. The Bertz CT molecular complexity index is 440. The average Bonchev–Trinajstić information content (AvgIpc) is 2.31. The summed E-state index contributed by atoms with van der Waals surface area (Å²) in [5.41, 5.74) is 0.547. The predicted molar refractivity (Wildman–Crippen MR) is 56.7 cm³/mol. The number of ether oxygens (including phenoxy) is 1. The first-order valence-corrected chi connectivity index (χ1v) is 4.59. The Hall–Kier alpha value is -1.09. The van der Waals surface area contributed by atoms with Crippen molar-refractivity contribution >= 4 is 5.97 Å². The van der Waals surface area contributed by atoms with Gasteiger partial charge >= 0.3 is 35.5 Å². The van der Waals surface area contributed by atoms with Gasteiger partial charge in [0.15, 0.2) is 0 Å². The minimum Gasteiger partial charge on any atom is -0.450 e. The Morgan fingerprint density at radius 3 is 2.25 bits per heavy atom. The van der Waals surface area contributed by atoms with Gasteiger partial charge in [0.2, 0.25) is 0 Å². The minimum atomic E-state index is -0.346. The summed E-state index contributed by atoms with van der Waals surface area (Å²) in [6.07, 6.45) is 0. The van der Waals surface area contributed by atoms with E-state index >= 15 is 0 Å². The first-order valence-electron chi connectivity index (χ1n) is 4.59. The van der Waals surface area contributed by atoms with Gasteiger partial charge in [0, 0.05) is 5.75 Å². The molecule has 0 aromatic heterocycles. The number of hydrogen-bond acceptors (Lipinski definition) is 2. The minimum absolute atomic E-state index is 0. The van der Waals surface area contributed by atoms with Crippen molar-refractivity contribution in [2.45, 2.75) is 0 Å². The molecule has 0 aliphatic heterocycles. The van der Waals surface area contributed by atoms with Crippen molar-refractivity contribution in [1.82, 2.24) is 0 Å². The van der Waals surface area contributed by atoms with Crippen LogP contribution in [0.5, 0.6) is 5.75 Å². The summed E-state index contributed by atoms with van der Waals surface area (Å²) in [4.78, 5) is 11.6. The van der Waals surface area contributed by atoms with Gasteiger partial charge < -0.3 is 4.74 Å². The van der Waals surface area contributed by atoms with Gasteiger partial charge in [-0.2, -0.15) is 18.2 Å². The molecule has 74 valence electrons. The molecule has 0 saturated carbocycles. The molecule has 0 aliphatic carbocycles. The Morgan fingerprint density at radius 2 is 1.62 bits per heavy atom. The van der Waals surface area contributed by atoms with E-state index in [1.807, 2.05) is 6.07 Å². The van der Waals surface area contributed by atoms with Crippen LogP contribution in [0, 0.1) is 6.07 Å². The largest absolute Gasteiger partial charge is 1.00 e. The van der Waals surface area contributed by atoms with Crippen molar-refractivity contribution in [3.63, 3.8) is 0 Å². The normalized spacial score (nSPS) is 9.00. The molecule has 0 atom stereocenters. The van der Waals surface area contributed by atoms with Gasteiger partial charge in [-0.15, -0.1) is 12.1 Å². The monoisotopic (exact) mass is 220 g/mol. The van der Waals surface area contributed by atoms with Gasteiger partial charge in [-0.3, -0.25) is 0 Å². The van der Waals surface area contributed by atoms with Gasteiger partial charge in [-0.05, 0) is 12.1 Å². The first-order chi connectivity index (χ1) is 7.36. The summed E-state index contributed by atoms with van der Waals surface area (Å²) in [6.45, 7) is 0. The van der Waals surface area contributed by atoms with Crippen molar-refractivity contribution in [2.24, 2.45) is 0 Å². The Labute approximate surface area is 117 Å². The number of rotatable bonds is 2. The van der Waals surface area contributed by atoms with Crippen LogP contribution in [0.1, 0.15) is 10.4 Å². The topological polar surface area (TPSA) is 26.3 Å². The molecule has 0 saturated heterocycles. The summed E-state index contributed by atoms with van der Waals surface area (Å²) in [5, 5.41) is 0. The Balaban J connectivity index is 0.00000128. The molecule has 0 heterocycles. The molecule has 0 bridgehead atoms. The Kier molecular flexibility index (Phi) is 5.26. The van der Waals surface area contributed by atoms with Gasteiger partial charge in [-0.1, -0.05) is 18.2 Å². The molecule has 16 heavy (non-hydrogen) atoms.